The molecule has 2 aromatic heterocycles. The van der Waals surface area contributed by atoms with Gasteiger partial charge in [-0.25, -0.2) is 9.97 Å². The highest BCUT2D eigenvalue weighted by Gasteiger charge is 2.14. The minimum Gasteiger partial charge on any atom is -0.480 e. The first-order valence-electron chi connectivity index (χ1n) is 4.85. The number of nitrogens with zero attached hydrogens (tertiary/aromatic N) is 3. The molecule has 0 spiro atoms. The van der Waals surface area contributed by atoms with E-state index in [4.69, 9.17) is 5.11 Å². The van der Waals surface area contributed by atoms with Gasteiger partial charge in [0.05, 0.1) is 11.8 Å². The fourth-order valence-corrected chi connectivity index (χ4v) is 1.43. The van der Waals surface area contributed by atoms with Crippen molar-refractivity contribution in [2.45, 2.75) is 13.0 Å². The Hall–Kier alpha value is -2.11. The number of nitrogens with one attached hydrogen (secondary N) is 1. The average Bonchev–Trinajstić information content (AvgIpc) is 2.62. The number of carboxylic acids is 1. The molecule has 0 aliphatic carbocycles. The zero-order valence-electron chi connectivity index (χ0n) is 9.01. The van der Waals surface area contributed by atoms with Gasteiger partial charge >= 0.3 is 5.97 Å². The zero-order valence-corrected chi connectivity index (χ0v) is 9.01. The first-order chi connectivity index (χ1) is 7.59. The van der Waals surface area contributed by atoms with Crippen LogP contribution in [0, 0.1) is 0 Å². The molecule has 16 heavy (non-hydrogen) atoms. The molecule has 0 bridgehead atoms. The highest BCUT2D eigenvalue weighted by atomic mass is 16.4. The summed E-state index contributed by atoms with van der Waals surface area (Å²) in [6.07, 6.45) is 3.30. The Morgan fingerprint density at radius 2 is 2.31 bits per heavy atom. The van der Waals surface area contributed by atoms with Crippen molar-refractivity contribution >= 4 is 22.8 Å². The molecule has 0 fully saturated rings. The molecule has 6 heteroatoms. The molecule has 2 rings (SSSR count). The molecule has 2 aromatic rings. The molecule has 0 aromatic carbocycles. The van der Waals surface area contributed by atoms with Crippen LogP contribution in [0.4, 0.5) is 5.82 Å². The smallest absolute Gasteiger partial charge is 0.325 e. The minimum atomic E-state index is -0.922. The fourth-order valence-electron chi connectivity index (χ4n) is 1.43. The molecule has 6 nitrogen and oxygen atoms in total. The van der Waals surface area contributed by atoms with E-state index in [9.17, 15) is 4.79 Å². The highest BCUT2D eigenvalue weighted by Crippen LogP contribution is 2.18. The van der Waals surface area contributed by atoms with Crippen molar-refractivity contribution in [3.8, 4) is 0 Å². The van der Waals surface area contributed by atoms with Crippen LogP contribution >= 0.6 is 0 Å². The number of aliphatic carboxylic acids is 1. The molecule has 0 aliphatic rings. The van der Waals surface area contributed by atoms with Gasteiger partial charge in [-0.05, 0) is 13.0 Å². The Bertz CT molecular complexity index is 535. The molecule has 0 amide bonds. The van der Waals surface area contributed by atoms with E-state index in [1.54, 1.807) is 19.4 Å². The number of hydrogen-bond donors (Lipinski definition) is 2. The van der Waals surface area contributed by atoms with Crippen molar-refractivity contribution in [1.29, 1.82) is 0 Å². The van der Waals surface area contributed by atoms with Gasteiger partial charge in [-0.15, -0.1) is 0 Å². The number of pyridine rings is 1. The lowest BCUT2D eigenvalue weighted by molar-refractivity contribution is -0.137. The number of anilines is 1. The Morgan fingerprint density at radius 3 is 3.00 bits per heavy atom. The molecule has 2 heterocycles. The van der Waals surface area contributed by atoms with Crippen LogP contribution in [0.15, 0.2) is 18.6 Å². The van der Waals surface area contributed by atoms with Crippen molar-refractivity contribution in [1.82, 2.24) is 14.5 Å². The van der Waals surface area contributed by atoms with E-state index in [1.807, 2.05) is 17.7 Å². The predicted molar refractivity (Wildman–Crippen MR) is 59.2 cm³/mol. The van der Waals surface area contributed by atoms with Crippen LogP contribution < -0.4 is 5.32 Å². The molecular formula is C10H12N4O2. The third kappa shape index (κ3) is 1.69. The number of rotatable bonds is 3. The van der Waals surface area contributed by atoms with Crippen molar-refractivity contribution in [2.24, 2.45) is 7.05 Å². The predicted octanol–water partition coefficient (Wildman–Crippen LogP) is 0.853. The number of fused-ring (bicyclic) bond motifs is 1. The molecule has 84 valence electrons. The van der Waals surface area contributed by atoms with Gasteiger partial charge in [-0.2, -0.15) is 0 Å². The third-order valence-electron chi connectivity index (χ3n) is 2.37. The molecule has 1 atom stereocenters. The van der Waals surface area contributed by atoms with Gasteiger partial charge < -0.3 is 15.0 Å². The summed E-state index contributed by atoms with van der Waals surface area (Å²) in [6.45, 7) is 1.56. The maximum Gasteiger partial charge on any atom is 0.325 e. The number of imidazole rings is 1. The summed E-state index contributed by atoms with van der Waals surface area (Å²) in [5.74, 6) is -0.428. The first-order valence-corrected chi connectivity index (χ1v) is 4.85. The maximum atomic E-state index is 10.7. The first kappa shape index (κ1) is 10.4. The van der Waals surface area contributed by atoms with Gasteiger partial charge in [-0.3, -0.25) is 4.79 Å². The Labute approximate surface area is 91.9 Å². The summed E-state index contributed by atoms with van der Waals surface area (Å²) < 4.78 is 1.85. The molecule has 1 unspecified atom stereocenters. The van der Waals surface area contributed by atoms with Crippen LogP contribution in [-0.4, -0.2) is 31.7 Å². The lowest BCUT2D eigenvalue weighted by Gasteiger charge is -2.09. The molecule has 0 saturated carbocycles. The number of aryl methyl sites for hydroxylation is 1. The normalized spacial score (nSPS) is 12.6. The highest BCUT2D eigenvalue weighted by molar-refractivity contribution is 5.88. The Balaban J connectivity index is 2.41. The molecule has 0 saturated heterocycles. The summed E-state index contributed by atoms with van der Waals surface area (Å²) >= 11 is 0. The Morgan fingerprint density at radius 1 is 1.56 bits per heavy atom. The lowest BCUT2D eigenvalue weighted by atomic mass is 10.3. The van der Waals surface area contributed by atoms with E-state index in [-0.39, 0.29) is 0 Å². The molecule has 2 N–H and O–H groups in total. The second-order valence-corrected chi connectivity index (χ2v) is 3.59. The van der Waals surface area contributed by atoms with Gasteiger partial charge in [0.2, 0.25) is 0 Å². The lowest BCUT2D eigenvalue weighted by Crippen LogP contribution is -2.26. The SMILES string of the molecule is CC(Nc1nccc2c1ncn2C)C(=O)O. The molecule has 0 aliphatic heterocycles. The van der Waals surface area contributed by atoms with Gasteiger partial charge in [0.25, 0.3) is 0 Å². The molecular weight excluding hydrogens is 208 g/mol. The van der Waals surface area contributed by atoms with Crippen LogP contribution in [-0.2, 0) is 11.8 Å². The van der Waals surface area contributed by atoms with Crippen molar-refractivity contribution in [3.63, 3.8) is 0 Å². The van der Waals surface area contributed by atoms with Gasteiger partial charge in [0, 0.05) is 13.2 Å². The summed E-state index contributed by atoms with van der Waals surface area (Å²) in [7, 11) is 1.87. The second kappa shape index (κ2) is 3.80. The van der Waals surface area contributed by atoms with Crippen molar-refractivity contribution in [2.75, 3.05) is 5.32 Å². The van der Waals surface area contributed by atoms with E-state index >= 15 is 0 Å². The summed E-state index contributed by atoms with van der Waals surface area (Å²) in [5, 5.41) is 11.6. The Kier molecular flexibility index (Phi) is 2.47. The second-order valence-electron chi connectivity index (χ2n) is 3.59. The van der Waals surface area contributed by atoms with E-state index in [0.717, 1.165) is 5.52 Å². The maximum absolute atomic E-state index is 10.7. The standard InChI is InChI=1S/C10H12N4O2/c1-6(10(15)16)13-9-8-7(3-4-11-9)14(2)5-12-8/h3-6H,1-2H3,(H,11,13)(H,15,16). The zero-order chi connectivity index (χ0) is 11.7. The summed E-state index contributed by atoms with van der Waals surface area (Å²) in [5.41, 5.74) is 1.59. The average molecular weight is 220 g/mol. The summed E-state index contributed by atoms with van der Waals surface area (Å²) in [6, 6.07) is 1.14. The van der Waals surface area contributed by atoms with E-state index in [2.05, 4.69) is 15.3 Å². The number of aromatic nitrogens is 3. The fraction of sp³-hybridized carbons (Fsp3) is 0.300. The van der Waals surface area contributed by atoms with E-state index in [1.165, 1.54) is 0 Å². The molecule has 0 radical (unpaired) electrons. The monoisotopic (exact) mass is 220 g/mol. The van der Waals surface area contributed by atoms with Crippen LogP contribution in [0.25, 0.3) is 11.0 Å². The largest absolute Gasteiger partial charge is 0.480 e. The van der Waals surface area contributed by atoms with Gasteiger partial charge in [-0.1, -0.05) is 0 Å². The van der Waals surface area contributed by atoms with Crippen LogP contribution in [0.2, 0.25) is 0 Å². The van der Waals surface area contributed by atoms with Crippen molar-refractivity contribution in [3.05, 3.63) is 18.6 Å². The minimum absolute atomic E-state index is 0.494. The van der Waals surface area contributed by atoms with Crippen LogP contribution in [0.1, 0.15) is 6.92 Å². The van der Waals surface area contributed by atoms with E-state index < -0.39 is 12.0 Å². The van der Waals surface area contributed by atoms with Gasteiger partial charge in [0.15, 0.2) is 5.82 Å². The third-order valence-corrected chi connectivity index (χ3v) is 2.37. The van der Waals surface area contributed by atoms with Crippen molar-refractivity contribution < 1.29 is 9.90 Å². The van der Waals surface area contributed by atoms with Gasteiger partial charge in [0.1, 0.15) is 11.6 Å². The summed E-state index contributed by atoms with van der Waals surface area (Å²) in [4.78, 5) is 19.0. The number of hydrogen-bond acceptors (Lipinski definition) is 4. The number of carboxylic acid groups (broad SMARTS) is 1. The quantitative estimate of drug-likeness (QED) is 0.801. The van der Waals surface area contributed by atoms with E-state index in [0.29, 0.717) is 11.3 Å². The number of carbonyl (C=O) groups is 1. The van der Waals surface area contributed by atoms with Crippen LogP contribution in [0.3, 0.4) is 0 Å². The van der Waals surface area contributed by atoms with Crippen LogP contribution in [0.5, 0.6) is 0 Å². The topological polar surface area (TPSA) is 80.0 Å².